The van der Waals surface area contributed by atoms with Crippen LogP contribution in [0.4, 0.5) is 13.6 Å². The molecular formula is C25H24BrF2NO5. The number of likely N-dealkylation sites (tertiary alicyclic amines) is 1. The highest BCUT2D eigenvalue weighted by molar-refractivity contribution is 9.10. The Morgan fingerprint density at radius 2 is 1.71 bits per heavy atom. The third kappa shape index (κ3) is 4.00. The van der Waals surface area contributed by atoms with Crippen LogP contribution in [0.2, 0.25) is 0 Å². The smallest absolute Gasteiger partial charge is 0.408 e. The van der Waals surface area contributed by atoms with Gasteiger partial charge in [0.05, 0.1) is 0 Å². The predicted octanol–water partition coefficient (Wildman–Crippen LogP) is 6.00. The Labute approximate surface area is 204 Å². The molecule has 0 aromatic heterocycles. The molecule has 1 amide bonds. The minimum Gasteiger partial charge on any atom is -0.465 e. The van der Waals surface area contributed by atoms with E-state index in [1.807, 2.05) is 0 Å². The number of esters is 1. The van der Waals surface area contributed by atoms with Gasteiger partial charge in [-0.1, -0.05) is 34.1 Å². The molecule has 9 heteroatoms. The molecule has 1 aliphatic heterocycles. The second kappa shape index (κ2) is 8.15. The van der Waals surface area contributed by atoms with Crippen LogP contribution in [0, 0.1) is 0 Å². The molecule has 1 fully saturated rings. The van der Waals surface area contributed by atoms with Crippen LogP contribution in [0.5, 0.6) is 0 Å². The van der Waals surface area contributed by atoms with Crippen molar-refractivity contribution in [3.8, 4) is 11.1 Å². The standard InChI is InChI=1S/C25H24BrF2NO5/c1-23(2,3)34-21(31)24(9-4-10-29(24)22(32)33)13-20(30)14-5-7-16-17-8-6-15(26)12-19(17)25(27,28)18(16)11-14/h5-8,11-12H,4,9-10,13H2,1-3H3,(H,32,33). The summed E-state index contributed by atoms with van der Waals surface area (Å²) < 4.78 is 36.4. The van der Waals surface area contributed by atoms with Gasteiger partial charge in [0.1, 0.15) is 5.60 Å². The molecular weight excluding hydrogens is 512 g/mol. The first-order chi connectivity index (χ1) is 15.8. The van der Waals surface area contributed by atoms with Gasteiger partial charge in [-0.3, -0.25) is 9.69 Å². The summed E-state index contributed by atoms with van der Waals surface area (Å²) >= 11 is 3.22. The number of amides is 1. The number of halogens is 3. The highest BCUT2D eigenvalue weighted by Crippen LogP contribution is 2.52. The minimum atomic E-state index is -3.30. The number of carbonyl (C=O) groups excluding carboxylic acids is 2. The first-order valence-corrected chi connectivity index (χ1v) is 11.7. The lowest BCUT2D eigenvalue weighted by Gasteiger charge is -2.36. The lowest BCUT2D eigenvalue weighted by molar-refractivity contribution is -0.167. The molecule has 2 aromatic rings. The van der Waals surface area contributed by atoms with E-state index >= 15 is 8.78 Å². The van der Waals surface area contributed by atoms with Crippen LogP contribution in [-0.2, 0) is 15.5 Å². The predicted molar refractivity (Wildman–Crippen MR) is 124 cm³/mol. The van der Waals surface area contributed by atoms with Crippen LogP contribution in [0.1, 0.15) is 61.5 Å². The molecule has 1 aliphatic carbocycles. The van der Waals surface area contributed by atoms with Crippen molar-refractivity contribution in [2.24, 2.45) is 0 Å². The quantitative estimate of drug-likeness (QED) is 0.383. The largest absolute Gasteiger partial charge is 0.465 e. The number of rotatable bonds is 4. The highest BCUT2D eigenvalue weighted by atomic mass is 79.9. The molecule has 0 spiro atoms. The Morgan fingerprint density at radius 3 is 2.32 bits per heavy atom. The SMILES string of the molecule is CC(C)(C)OC(=O)C1(CC(=O)c2ccc3c(c2)C(F)(F)c2cc(Br)ccc2-3)CCCN1C(=O)O. The van der Waals surface area contributed by atoms with Crippen LogP contribution in [0.3, 0.4) is 0 Å². The second-order valence-corrected chi connectivity index (χ2v) is 10.6. The first kappa shape index (κ1) is 24.3. The average Bonchev–Trinajstić information content (AvgIpc) is 3.25. The highest BCUT2D eigenvalue weighted by Gasteiger charge is 2.53. The van der Waals surface area contributed by atoms with Crippen LogP contribution in [0.25, 0.3) is 11.1 Å². The van der Waals surface area contributed by atoms with E-state index in [1.165, 1.54) is 18.2 Å². The molecule has 1 heterocycles. The zero-order valence-corrected chi connectivity index (χ0v) is 20.5. The van der Waals surface area contributed by atoms with Gasteiger partial charge in [0.2, 0.25) is 0 Å². The number of carboxylic acid groups (broad SMARTS) is 1. The van der Waals surface area contributed by atoms with E-state index in [0.717, 1.165) is 11.0 Å². The van der Waals surface area contributed by atoms with Crippen molar-refractivity contribution in [3.05, 3.63) is 57.6 Å². The summed E-state index contributed by atoms with van der Waals surface area (Å²) in [5.41, 5.74) is -2.33. The Balaban J connectivity index is 1.70. The Bertz CT molecular complexity index is 1210. The van der Waals surface area contributed by atoms with Gasteiger partial charge in [-0.15, -0.1) is 0 Å². The molecule has 0 saturated carbocycles. The van der Waals surface area contributed by atoms with Crippen LogP contribution >= 0.6 is 15.9 Å². The molecule has 6 nitrogen and oxygen atoms in total. The van der Waals surface area contributed by atoms with E-state index in [2.05, 4.69) is 15.9 Å². The van der Waals surface area contributed by atoms with Gasteiger partial charge in [-0.2, -0.15) is 8.78 Å². The molecule has 180 valence electrons. The zero-order valence-electron chi connectivity index (χ0n) is 19.0. The summed E-state index contributed by atoms with van der Waals surface area (Å²) in [7, 11) is 0. The normalized spacial score (nSPS) is 20.6. The second-order valence-electron chi connectivity index (χ2n) is 9.70. The molecule has 1 saturated heterocycles. The van der Waals surface area contributed by atoms with Crippen molar-refractivity contribution in [1.82, 2.24) is 4.90 Å². The van der Waals surface area contributed by atoms with Crippen molar-refractivity contribution < 1.29 is 33.0 Å². The molecule has 2 aliphatic rings. The topological polar surface area (TPSA) is 83.9 Å². The van der Waals surface area contributed by atoms with Crippen molar-refractivity contribution in [3.63, 3.8) is 0 Å². The molecule has 0 bridgehead atoms. The van der Waals surface area contributed by atoms with Crippen molar-refractivity contribution in [2.45, 2.75) is 57.1 Å². The molecule has 34 heavy (non-hydrogen) atoms. The fourth-order valence-corrected chi connectivity index (χ4v) is 5.10. The molecule has 4 rings (SSSR count). The fraction of sp³-hybridized carbons (Fsp3) is 0.400. The number of Topliss-reactive ketones (excluding diaryl/α,β-unsaturated/α-hetero) is 1. The third-order valence-electron chi connectivity index (χ3n) is 6.24. The van der Waals surface area contributed by atoms with Gasteiger partial charge in [0.15, 0.2) is 11.3 Å². The van der Waals surface area contributed by atoms with Gasteiger partial charge in [0, 0.05) is 34.1 Å². The van der Waals surface area contributed by atoms with Gasteiger partial charge < -0.3 is 9.84 Å². The Morgan fingerprint density at radius 1 is 1.09 bits per heavy atom. The van der Waals surface area contributed by atoms with Gasteiger partial charge in [0.25, 0.3) is 5.92 Å². The number of hydrogen-bond acceptors (Lipinski definition) is 4. The van der Waals surface area contributed by atoms with Crippen LogP contribution in [0.15, 0.2) is 40.9 Å². The van der Waals surface area contributed by atoms with Crippen molar-refractivity contribution in [1.29, 1.82) is 0 Å². The lowest BCUT2D eigenvalue weighted by Crippen LogP contribution is -2.56. The summed E-state index contributed by atoms with van der Waals surface area (Å²) in [6.07, 6.45) is -1.33. The number of hydrogen-bond donors (Lipinski definition) is 1. The average molecular weight is 536 g/mol. The lowest BCUT2D eigenvalue weighted by atomic mass is 9.86. The van der Waals surface area contributed by atoms with E-state index in [4.69, 9.17) is 4.74 Å². The summed E-state index contributed by atoms with van der Waals surface area (Å²) in [6.45, 7) is 5.03. The molecule has 1 N–H and O–H groups in total. The minimum absolute atomic E-state index is 0.00882. The molecule has 1 atom stereocenters. The molecule has 0 radical (unpaired) electrons. The molecule has 1 unspecified atom stereocenters. The van der Waals surface area contributed by atoms with Gasteiger partial charge in [-0.25, -0.2) is 9.59 Å². The van der Waals surface area contributed by atoms with E-state index in [1.54, 1.807) is 32.9 Å². The summed E-state index contributed by atoms with van der Waals surface area (Å²) in [5.74, 6) is -4.71. The summed E-state index contributed by atoms with van der Waals surface area (Å²) in [4.78, 5) is 39.3. The number of ketones is 1. The van der Waals surface area contributed by atoms with Crippen molar-refractivity contribution >= 4 is 33.8 Å². The zero-order chi connectivity index (χ0) is 25.1. The first-order valence-electron chi connectivity index (χ1n) is 10.9. The van der Waals surface area contributed by atoms with Crippen molar-refractivity contribution in [2.75, 3.05) is 6.54 Å². The number of benzene rings is 2. The van der Waals surface area contributed by atoms with Gasteiger partial charge >= 0.3 is 12.1 Å². The number of fused-ring (bicyclic) bond motifs is 3. The number of ether oxygens (including phenoxy) is 1. The van der Waals surface area contributed by atoms with E-state index in [9.17, 15) is 19.5 Å². The molecule has 2 aromatic carbocycles. The number of nitrogens with zero attached hydrogens (tertiary/aromatic N) is 1. The van der Waals surface area contributed by atoms with Gasteiger partial charge in [-0.05, 0) is 62.9 Å². The van der Waals surface area contributed by atoms with E-state index in [-0.39, 0.29) is 29.7 Å². The maximum atomic E-state index is 15.2. The maximum Gasteiger partial charge on any atom is 0.408 e. The maximum absolute atomic E-state index is 15.2. The number of carbonyl (C=O) groups is 3. The monoisotopic (exact) mass is 535 g/mol. The Hall–Kier alpha value is -2.81. The van der Waals surface area contributed by atoms with Crippen LogP contribution in [-0.4, -0.2) is 45.5 Å². The van der Waals surface area contributed by atoms with Crippen LogP contribution < -0.4 is 0 Å². The van der Waals surface area contributed by atoms with E-state index in [0.29, 0.717) is 22.0 Å². The summed E-state index contributed by atoms with van der Waals surface area (Å²) in [6, 6.07) is 8.69. The third-order valence-corrected chi connectivity index (χ3v) is 6.73. The summed E-state index contributed by atoms with van der Waals surface area (Å²) in [5, 5.41) is 9.70. The fourth-order valence-electron chi connectivity index (χ4n) is 4.73. The number of alkyl halides is 2. The van der Waals surface area contributed by atoms with E-state index < -0.39 is 41.3 Å². The Kier molecular flexibility index (Phi) is 5.83.